The summed E-state index contributed by atoms with van der Waals surface area (Å²) >= 11 is 0. The number of ether oxygens (including phenoxy) is 1. The number of anilines is 1. The van der Waals surface area contributed by atoms with Gasteiger partial charge in [-0.15, -0.1) is 0 Å². The summed E-state index contributed by atoms with van der Waals surface area (Å²) in [6.07, 6.45) is 0.985. The third-order valence-corrected chi connectivity index (χ3v) is 4.48. The van der Waals surface area contributed by atoms with Crippen LogP contribution < -0.4 is 14.8 Å². The summed E-state index contributed by atoms with van der Waals surface area (Å²) in [4.78, 5) is 0. The van der Waals surface area contributed by atoms with Crippen LogP contribution in [0.5, 0.6) is 5.75 Å². The minimum absolute atomic E-state index is 0.444. The van der Waals surface area contributed by atoms with E-state index >= 15 is 0 Å². The summed E-state index contributed by atoms with van der Waals surface area (Å²) in [7, 11) is -1.80. The lowest BCUT2D eigenvalue weighted by atomic mass is 10.3. The largest absolute Gasteiger partial charge is 0.497 e. The molecule has 0 saturated heterocycles. The Morgan fingerprint density at radius 1 is 1.26 bits per heavy atom. The van der Waals surface area contributed by atoms with Gasteiger partial charge in [0.1, 0.15) is 5.75 Å². The molecule has 0 aliphatic carbocycles. The van der Waals surface area contributed by atoms with Crippen LogP contribution in [-0.4, -0.2) is 33.9 Å². The number of hydrogen-bond donors (Lipinski definition) is 2. The summed E-state index contributed by atoms with van der Waals surface area (Å²) in [5.41, 5.74) is 0.545. The maximum Gasteiger partial charge on any atom is 0.236 e. The average molecular weight is 286 g/mol. The maximum atomic E-state index is 12.1. The second-order valence-electron chi connectivity index (χ2n) is 4.39. The summed E-state index contributed by atoms with van der Waals surface area (Å²) in [6.45, 7) is 5.00. The van der Waals surface area contributed by atoms with Crippen LogP contribution >= 0.6 is 0 Å². The van der Waals surface area contributed by atoms with Crippen LogP contribution in [0.2, 0.25) is 0 Å². The predicted octanol–water partition coefficient (Wildman–Crippen LogP) is 1.82. The van der Waals surface area contributed by atoms with Gasteiger partial charge in [0.15, 0.2) is 0 Å². The van der Waals surface area contributed by atoms with Gasteiger partial charge < -0.3 is 10.1 Å². The quantitative estimate of drug-likeness (QED) is 0.715. The van der Waals surface area contributed by atoms with E-state index in [0.29, 0.717) is 18.0 Å². The molecular formula is C13H22N2O3S. The molecule has 0 aliphatic rings. The number of benzene rings is 1. The van der Waals surface area contributed by atoms with Crippen molar-refractivity contribution in [2.75, 3.05) is 24.9 Å². The second-order valence-corrected chi connectivity index (χ2v) is 6.49. The fourth-order valence-electron chi connectivity index (χ4n) is 1.52. The van der Waals surface area contributed by atoms with Crippen LogP contribution in [0.3, 0.4) is 0 Å². The van der Waals surface area contributed by atoms with E-state index in [1.54, 1.807) is 38.3 Å². The molecule has 0 aromatic heterocycles. The highest BCUT2D eigenvalue weighted by Gasteiger charge is 2.20. The molecule has 0 saturated carbocycles. The summed E-state index contributed by atoms with van der Waals surface area (Å²) in [5.74, 6) is 0.695. The van der Waals surface area contributed by atoms with Crippen molar-refractivity contribution in [3.63, 3.8) is 0 Å². The Bertz CT molecular complexity index is 471. The van der Waals surface area contributed by atoms with Gasteiger partial charge in [0.05, 0.1) is 12.4 Å². The topological polar surface area (TPSA) is 67.4 Å². The Morgan fingerprint density at radius 2 is 1.89 bits per heavy atom. The maximum absolute atomic E-state index is 12.1. The Balaban J connectivity index is 2.62. The number of nitrogens with one attached hydrogen (secondary N) is 2. The van der Waals surface area contributed by atoms with E-state index in [1.807, 2.05) is 6.92 Å². The molecule has 6 heteroatoms. The van der Waals surface area contributed by atoms with E-state index in [1.165, 1.54) is 0 Å². The predicted molar refractivity (Wildman–Crippen MR) is 78.2 cm³/mol. The minimum Gasteiger partial charge on any atom is -0.497 e. The normalized spacial score (nSPS) is 13.0. The van der Waals surface area contributed by atoms with Crippen molar-refractivity contribution in [2.24, 2.45) is 0 Å². The first-order valence-electron chi connectivity index (χ1n) is 6.36. The van der Waals surface area contributed by atoms with Gasteiger partial charge in [-0.2, -0.15) is 0 Å². The van der Waals surface area contributed by atoms with Crippen molar-refractivity contribution < 1.29 is 13.2 Å². The first kappa shape index (κ1) is 15.8. The molecule has 1 unspecified atom stereocenters. The minimum atomic E-state index is -3.37. The van der Waals surface area contributed by atoms with E-state index in [-0.39, 0.29) is 0 Å². The Hall–Kier alpha value is -1.27. The van der Waals surface area contributed by atoms with Crippen molar-refractivity contribution in [2.45, 2.75) is 25.5 Å². The molecule has 0 radical (unpaired) electrons. The van der Waals surface area contributed by atoms with E-state index in [2.05, 4.69) is 10.0 Å². The van der Waals surface area contributed by atoms with Gasteiger partial charge in [0.25, 0.3) is 0 Å². The lowest BCUT2D eigenvalue weighted by Crippen LogP contribution is -2.35. The van der Waals surface area contributed by atoms with E-state index < -0.39 is 15.3 Å². The average Bonchev–Trinajstić information content (AvgIpc) is 2.39. The lowest BCUT2D eigenvalue weighted by Gasteiger charge is -2.15. The molecule has 1 aromatic rings. The van der Waals surface area contributed by atoms with Crippen molar-refractivity contribution in [1.29, 1.82) is 0 Å². The number of hydrogen-bond acceptors (Lipinski definition) is 4. The van der Waals surface area contributed by atoms with E-state index in [4.69, 9.17) is 4.74 Å². The Morgan fingerprint density at radius 3 is 2.42 bits per heavy atom. The van der Waals surface area contributed by atoms with Gasteiger partial charge in [-0.3, -0.25) is 4.72 Å². The molecule has 1 atom stereocenters. The molecule has 5 nitrogen and oxygen atoms in total. The fourth-order valence-corrected chi connectivity index (χ4v) is 2.52. The monoisotopic (exact) mass is 286 g/mol. The Labute approximate surface area is 115 Å². The van der Waals surface area contributed by atoms with Gasteiger partial charge in [-0.1, -0.05) is 6.92 Å². The molecule has 0 fully saturated rings. The molecule has 2 N–H and O–H groups in total. The summed E-state index contributed by atoms with van der Waals surface area (Å²) in [5, 5.41) is 2.62. The summed E-state index contributed by atoms with van der Waals surface area (Å²) < 4.78 is 31.7. The van der Waals surface area contributed by atoms with Gasteiger partial charge in [0, 0.05) is 12.2 Å². The van der Waals surface area contributed by atoms with Crippen LogP contribution in [0.1, 0.15) is 20.3 Å². The van der Waals surface area contributed by atoms with E-state index in [9.17, 15) is 8.42 Å². The van der Waals surface area contributed by atoms with E-state index in [0.717, 1.165) is 13.0 Å². The molecule has 1 rings (SSSR count). The molecule has 19 heavy (non-hydrogen) atoms. The Kier molecular flexibility index (Phi) is 6.11. The molecule has 1 aromatic carbocycles. The van der Waals surface area contributed by atoms with Gasteiger partial charge in [0.2, 0.25) is 10.0 Å². The zero-order chi connectivity index (χ0) is 14.3. The van der Waals surface area contributed by atoms with Gasteiger partial charge >= 0.3 is 0 Å². The van der Waals surface area contributed by atoms with Gasteiger partial charge in [-0.25, -0.2) is 8.42 Å². The molecule has 0 aliphatic heterocycles. The van der Waals surface area contributed by atoms with Crippen molar-refractivity contribution in [1.82, 2.24) is 5.32 Å². The lowest BCUT2D eigenvalue weighted by molar-refractivity contribution is 0.415. The molecule has 0 heterocycles. The highest BCUT2D eigenvalue weighted by Crippen LogP contribution is 2.17. The zero-order valence-corrected chi connectivity index (χ0v) is 12.5. The third-order valence-electron chi connectivity index (χ3n) is 2.74. The van der Waals surface area contributed by atoms with Crippen molar-refractivity contribution in [3.8, 4) is 5.75 Å². The first-order valence-corrected chi connectivity index (χ1v) is 7.90. The molecule has 108 valence electrons. The smallest absolute Gasteiger partial charge is 0.236 e. The highest BCUT2D eigenvalue weighted by atomic mass is 32.2. The van der Waals surface area contributed by atoms with Crippen LogP contribution in [0, 0.1) is 0 Å². The number of methoxy groups -OCH3 is 1. The highest BCUT2D eigenvalue weighted by molar-refractivity contribution is 7.93. The number of sulfonamides is 1. The summed E-state index contributed by atoms with van der Waals surface area (Å²) in [6, 6.07) is 6.81. The SMILES string of the molecule is CCCNCC(C)S(=O)(=O)Nc1ccc(OC)cc1. The second kappa shape index (κ2) is 7.35. The molecule has 0 spiro atoms. The standard InChI is InChI=1S/C13H22N2O3S/c1-4-9-14-10-11(2)19(16,17)15-12-5-7-13(18-3)8-6-12/h5-8,11,14-15H,4,9-10H2,1-3H3. The zero-order valence-electron chi connectivity index (χ0n) is 11.6. The molecule has 0 bridgehead atoms. The number of rotatable bonds is 8. The molecule has 0 amide bonds. The van der Waals surface area contributed by atoms with Crippen molar-refractivity contribution in [3.05, 3.63) is 24.3 Å². The first-order chi connectivity index (χ1) is 8.99. The van der Waals surface area contributed by atoms with Crippen LogP contribution in [0.4, 0.5) is 5.69 Å². The fraction of sp³-hybridized carbons (Fsp3) is 0.538. The van der Waals surface area contributed by atoms with Gasteiger partial charge in [-0.05, 0) is 44.2 Å². The van der Waals surface area contributed by atoms with Crippen LogP contribution in [0.25, 0.3) is 0 Å². The van der Waals surface area contributed by atoms with Crippen LogP contribution in [-0.2, 0) is 10.0 Å². The molecular weight excluding hydrogens is 264 g/mol. The third kappa shape index (κ3) is 5.08. The van der Waals surface area contributed by atoms with Crippen molar-refractivity contribution >= 4 is 15.7 Å². The van der Waals surface area contributed by atoms with Crippen LogP contribution in [0.15, 0.2) is 24.3 Å².